The van der Waals surface area contributed by atoms with Crippen molar-refractivity contribution in [1.29, 1.82) is 0 Å². The zero-order valence-corrected chi connectivity index (χ0v) is 9.69. The van der Waals surface area contributed by atoms with Crippen LogP contribution in [-0.4, -0.2) is 12.9 Å². The molecule has 0 aliphatic heterocycles. The van der Waals surface area contributed by atoms with Gasteiger partial charge < -0.3 is 4.74 Å². The minimum absolute atomic E-state index is 0.664. The minimum Gasteiger partial charge on any atom is -0.377 e. The Morgan fingerprint density at radius 3 is 2.75 bits per heavy atom. The van der Waals surface area contributed by atoms with E-state index in [0.717, 1.165) is 31.3 Å². The molecular formula is C14H18O2. The van der Waals surface area contributed by atoms with E-state index in [0.29, 0.717) is 6.61 Å². The largest absolute Gasteiger partial charge is 0.377 e. The first-order valence-electron chi connectivity index (χ1n) is 5.55. The molecule has 1 rings (SSSR count). The fourth-order valence-electron chi connectivity index (χ4n) is 1.42. The topological polar surface area (TPSA) is 26.3 Å². The second-order valence-electron chi connectivity index (χ2n) is 3.79. The second kappa shape index (κ2) is 7.83. The third-order valence-electron chi connectivity index (χ3n) is 2.32. The van der Waals surface area contributed by atoms with Crippen LogP contribution >= 0.6 is 0 Å². The van der Waals surface area contributed by atoms with E-state index in [9.17, 15) is 4.79 Å². The van der Waals surface area contributed by atoms with Gasteiger partial charge in [-0.15, -0.1) is 0 Å². The standard InChI is InChI=1S/C14H18O2/c1-13(9-10-15)6-5-11-16-12-14-7-3-2-4-8-14/h2-4,7-10H,5-6,11-12H2,1H3/b13-9+. The van der Waals surface area contributed by atoms with Crippen molar-refractivity contribution in [1.82, 2.24) is 0 Å². The Morgan fingerprint density at radius 2 is 2.06 bits per heavy atom. The summed E-state index contributed by atoms with van der Waals surface area (Å²) in [7, 11) is 0. The lowest BCUT2D eigenvalue weighted by molar-refractivity contribution is -0.104. The number of allylic oxidation sites excluding steroid dienone is 2. The summed E-state index contributed by atoms with van der Waals surface area (Å²) in [6.45, 7) is 3.36. The average Bonchev–Trinajstić information content (AvgIpc) is 2.30. The summed E-state index contributed by atoms with van der Waals surface area (Å²) in [5.41, 5.74) is 2.31. The Bertz CT molecular complexity index is 328. The maximum absolute atomic E-state index is 10.2. The third-order valence-corrected chi connectivity index (χ3v) is 2.32. The summed E-state index contributed by atoms with van der Waals surface area (Å²) in [4.78, 5) is 10.2. The molecule has 0 radical (unpaired) electrons. The van der Waals surface area contributed by atoms with Crippen molar-refractivity contribution in [3.8, 4) is 0 Å². The fraction of sp³-hybridized carbons (Fsp3) is 0.357. The highest BCUT2D eigenvalue weighted by Gasteiger charge is 1.93. The highest BCUT2D eigenvalue weighted by Crippen LogP contribution is 2.05. The van der Waals surface area contributed by atoms with E-state index in [1.807, 2.05) is 25.1 Å². The highest BCUT2D eigenvalue weighted by atomic mass is 16.5. The summed E-state index contributed by atoms with van der Waals surface area (Å²) in [6, 6.07) is 10.1. The number of hydrogen-bond donors (Lipinski definition) is 0. The zero-order chi connectivity index (χ0) is 11.6. The van der Waals surface area contributed by atoms with E-state index >= 15 is 0 Å². The van der Waals surface area contributed by atoms with Crippen LogP contribution < -0.4 is 0 Å². The van der Waals surface area contributed by atoms with Gasteiger partial charge in [0.25, 0.3) is 0 Å². The Labute approximate surface area is 96.9 Å². The van der Waals surface area contributed by atoms with Gasteiger partial charge in [-0.05, 0) is 31.4 Å². The Hall–Kier alpha value is -1.41. The maximum Gasteiger partial charge on any atom is 0.142 e. The van der Waals surface area contributed by atoms with Crippen LogP contribution in [0.15, 0.2) is 42.0 Å². The molecule has 16 heavy (non-hydrogen) atoms. The molecule has 0 aromatic heterocycles. The van der Waals surface area contributed by atoms with Crippen molar-refractivity contribution in [3.05, 3.63) is 47.5 Å². The molecule has 0 spiro atoms. The van der Waals surface area contributed by atoms with E-state index in [4.69, 9.17) is 4.74 Å². The molecule has 1 aromatic carbocycles. The molecule has 2 nitrogen and oxygen atoms in total. The highest BCUT2D eigenvalue weighted by molar-refractivity contribution is 5.65. The van der Waals surface area contributed by atoms with Crippen LogP contribution in [0.1, 0.15) is 25.3 Å². The van der Waals surface area contributed by atoms with Crippen LogP contribution in [0.25, 0.3) is 0 Å². The zero-order valence-electron chi connectivity index (χ0n) is 9.69. The van der Waals surface area contributed by atoms with Crippen molar-refractivity contribution in [3.63, 3.8) is 0 Å². The predicted molar refractivity (Wildman–Crippen MR) is 65.2 cm³/mol. The molecule has 0 aliphatic rings. The van der Waals surface area contributed by atoms with Gasteiger partial charge in [0.1, 0.15) is 6.29 Å². The van der Waals surface area contributed by atoms with Crippen molar-refractivity contribution >= 4 is 6.29 Å². The number of aldehydes is 1. The third kappa shape index (κ3) is 5.47. The van der Waals surface area contributed by atoms with Gasteiger partial charge in [0, 0.05) is 6.61 Å². The van der Waals surface area contributed by atoms with E-state index in [2.05, 4.69) is 12.1 Å². The quantitative estimate of drug-likeness (QED) is 0.399. The van der Waals surface area contributed by atoms with Crippen molar-refractivity contribution in [2.24, 2.45) is 0 Å². The van der Waals surface area contributed by atoms with Gasteiger partial charge in [0.2, 0.25) is 0 Å². The molecular weight excluding hydrogens is 200 g/mol. The average molecular weight is 218 g/mol. The van der Waals surface area contributed by atoms with Crippen LogP contribution in [0.4, 0.5) is 0 Å². The molecule has 0 fully saturated rings. The van der Waals surface area contributed by atoms with Gasteiger partial charge in [0.15, 0.2) is 0 Å². The van der Waals surface area contributed by atoms with E-state index in [1.165, 1.54) is 5.56 Å². The lowest BCUT2D eigenvalue weighted by atomic mass is 10.1. The second-order valence-corrected chi connectivity index (χ2v) is 3.79. The first kappa shape index (κ1) is 12.7. The summed E-state index contributed by atoms with van der Waals surface area (Å²) >= 11 is 0. The molecule has 1 aromatic rings. The van der Waals surface area contributed by atoms with E-state index < -0.39 is 0 Å². The van der Waals surface area contributed by atoms with Gasteiger partial charge in [-0.3, -0.25) is 4.79 Å². The van der Waals surface area contributed by atoms with Crippen LogP contribution in [-0.2, 0) is 16.1 Å². The van der Waals surface area contributed by atoms with Gasteiger partial charge in [-0.2, -0.15) is 0 Å². The number of ether oxygens (including phenoxy) is 1. The van der Waals surface area contributed by atoms with E-state index in [-0.39, 0.29) is 0 Å². The van der Waals surface area contributed by atoms with Gasteiger partial charge in [-0.25, -0.2) is 0 Å². The summed E-state index contributed by atoms with van der Waals surface area (Å²) < 4.78 is 5.53. The molecule has 0 atom stereocenters. The molecule has 0 unspecified atom stereocenters. The lowest BCUT2D eigenvalue weighted by Crippen LogP contribution is -1.95. The molecule has 0 saturated carbocycles. The maximum atomic E-state index is 10.2. The molecule has 2 heteroatoms. The molecule has 0 heterocycles. The van der Waals surface area contributed by atoms with Crippen molar-refractivity contribution in [2.45, 2.75) is 26.4 Å². The monoisotopic (exact) mass is 218 g/mol. The van der Waals surface area contributed by atoms with Gasteiger partial charge >= 0.3 is 0 Å². The fourth-order valence-corrected chi connectivity index (χ4v) is 1.42. The molecule has 0 aliphatic carbocycles. The summed E-state index contributed by atoms with van der Waals surface area (Å²) in [5, 5.41) is 0. The van der Waals surface area contributed by atoms with Crippen LogP contribution in [0.5, 0.6) is 0 Å². The summed E-state index contributed by atoms with van der Waals surface area (Å²) in [5.74, 6) is 0. The Kier molecular flexibility index (Phi) is 6.19. The Balaban J connectivity index is 2.09. The molecule has 86 valence electrons. The lowest BCUT2D eigenvalue weighted by Gasteiger charge is -2.04. The predicted octanol–water partition coefficient (Wildman–Crippen LogP) is 3.13. The van der Waals surface area contributed by atoms with E-state index in [1.54, 1.807) is 6.08 Å². The number of carbonyl (C=O) groups is 1. The number of carbonyl (C=O) groups excluding carboxylic acids is 1. The number of benzene rings is 1. The van der Waals surface area contributed by atoms with Gasteiger partial charge in [-0.1, -0.05) is 35.9 Å². The molecule has 0 amide bonds. The SMILES string of the molecule is C/C(=C\C=O)CCCOCc1ccccc1. The summed E-state index contributed by atoms with van der Waals surface area (Å²) in [6.07, 6.45) is 4.33. The number of rotatable bonds is 7. The van der Waals surface area contributed by atoms with Gasteiger partial charge in [0.05, 0.1) is 6.61 Å². The van der Waals surface area contributed by atoms with Crippen LogP contribution in [0.3, 0.4) is 0 Å². The molecule has 0 saturated heterocycles. The van der Waals surface area contributed by atoms with Crippen LogP contribution in [0.2, 0.25) is 0 Å². The minimum atomic E-state index is 0.664. The Morgan fingerprint density at radius 1 is 1.31 bits per heavy atom. The number of hydrogen-bond acceptors (Lipinski definition) is 2. The smallest absolute Gasteiger partial charge is 0.142 e. The molecule has 0 bridgehead atoms. The first-order chi connectivity index (χ1) is 7.83. The molecule has 0 N–H and O–H groups in total. The normalized spacial score (nSPS) is 11.4. The first-order valence-corrected chi connectivity index (χ1v) is 5.55. The van der Waals surface area contributed by atoms with Crippen molar-refractivity contribution < 1.29 is 9.53 Å². The van der Waals surface area contributed by atoms with Crippen LogP contribution in [0, 0.1) is 0 Å². The van der Waals surface area contributed by atoms with Crippen molar-refractivity contribution in [2.75, 3.05) is 6.61 Å².